The summed E-state index contributed by atoms with van der Waals surface area (Å²) in [5.74, 6) is 0.941. The predicted molar refractivity (Wildman–Crippen MR) is 96.6 cm³/mol. The summed E-state index contributed by atoms with van der Waals surface area (Å²) >= 11 is 1.79. The van der Waals surface area contributed by atoms with Gasteiger partial charge in [-0.2, -0.15) is 0 Å². The SMILES string of the molecule is CSc1ccc(CN2CCC[C@H](CCC(=O)NC3CC3)C2)cc1. The molecule has 1 aromatic rings. The highest BCUT2D eigenvalue weighted by molar-refractivity contribution is 7.98. The molecule has 1 saturated heterocycles. The highest BCUT2D eigenvalue weighted by atomic mass is 32.2. The summed E-state index contributed by atoms with van der Waals surface area (Å²) in [5.41, 5.74) is 1.40. The van der Waals surface area contributed by atoms with Crippen molar-refractivity contribution < 1.29 is 4.79 Å². The molecule has 1 atom stereocenters. The van der Waals surface area contributed by atoms with E-state index >= 15 is 0 Å². The molecular formula is C19H28N2OS. The molecule has 3 nitrogen and oxygen atoms in total. The van der Waals surface area contributed by atoms with Gasteiger partial charge in [-0.15, -0.1) is 11.8 Å². The second-order valence-electron chi connectivity index (χ2n) is 6.97. The minimum absolute atomic E-state index is 0.261. The molecule has 1 aromatic carbocycles. The molecule has 1 aliphatic heterocycles. The summed E-state index contributed by atoms with van der Waals surface area (Å²) in [5, 5.41) is 3.10. The summed E-state index contributed by atoms with van der Waals surface area (Å²) in [7, 11) is 0. The molecule has 1 aliphatic carbocycles. The molecule has 4 heteroatoms. The maximum atomic E-state index is 11.8. The molecule has 2 fully saturated rings. The van der Waals surface area contributed by atoms with E-state index in [1.54, 1.807) is 11.8 Å². The minimum atomic E-state index is 0.261. The molecule has 2 aliphatic rings. The number of benzene rings is 1. The minimum Gasteiger partial charge on any atom is -0.353 e. The van der Waals surface area contributed by atoms with E-state index < -0.39 is 0 Å². The molecule has 0 bridgehead atoms. The largest absolute Gasteiger partial charge is 0.353 e. The molecular weight excluding hydrogens is 304 g/mol. The van der Waals surface area contributed by atoms with Crippen molar-refractivity contribution in [1.29, 1.82) is 0 Å². The average molecular weight is 333 g/mol. The van der Waals surface area contributed by atoms with Crippen LogP contribution in [0, 0.1) is 5.92 Å². The second kappa shape index (κ2) is 8.20. The van der Waals surface area contributed by atoms with Crippen molar-refractivity contribution in [3.8, 4) is 0 Å². The normalized spacial score (nSPS) is 22.0. The quantitative estimate of drug-likeness (QED) is 0.773. The number of piperidine rings is 1. The van der Waals surface area contributed by atoms with Gasteiger partial charge in [0, 0.05) is 30.4 Å². The van der Waals surface area contributed by atoms with Gasteiger partial charge < -0.3 is 5.32 Å². The fraction of sp³-hybridized carbons (Fsp3) is 0.632. The van der Waals surface area contributed by atoms with Crippen LogP contribution < -0.4 is 5.32 Å². The third kappa shape index (κ3) is 5.54. The van der Waals surface area contributed by atoms with Gasteiger partial charge in [0.05, 0.1) is 0 Å². The Morgan fingerprint density at radius 2 is 2.04 bits per heavy atom. The smallest absolute Gasteiger partial charge is 0.220 e. The van der Waals surface area contributed by atoms with Gasteiger partial charge in [-0.25, -0.2) is 0 Å². The molecule has 1 saturated carbocycles. The lowest BCUT2D eigenvalue weighted by molar-refractivity contribution is -0.121. The number of carbonyl (C=O) groups is 1. The lowest BCUT2D eigenvalue weighted by Gasteiger charge is -2.32. The zero-order valence-electron chi connectivity index (χ0n) is 14.1. The first-order chi connectivity index (χ1) is 11.2. The Kier molecular flexibility index (Phi) is 6.01. The van der Waals surface area contributed by atoms with E-state index in [-0.39, 0.29) is 5.91 Å². The second-order valence-corrected chi connectivity index (χ2v) is 7.85. The number of carbonyl (C=O) groups excluding carboxylic acids is 1. The molecule has 1 heterocycles. The monoisotopic (exact) mass is 332 g/mol. The third-order valence-electron chi connectivity index (χ3n) is 4.89. The molecule has 23 heavy (non-hydrogen) atoms. The fourth-order valence-electron chi connectivity index (χ4n) is 3.38. The number of hydrogen-bond acceptors (Lipinski definition) is 3. The Labute approximate surface area is 144 Å². The van der Waals surface area contributed by atoms with Crippen LogP contribution in [-0.4, -0.2) is 36.2 Å². The summed E-state index contributed by atoms with van der Waals surface area (Å²) in [6.45, 7) is 3.37. The van der Waals surface area contributed by atoms with Crippen LogP contribution in [0.1, 0.15) is 44.1 Å². The summed E-state index contributed by atoms with van der Waals surface area (Å²) < 4.78 is 0. The summed E-state index contributed by atoms with van der Waals surface area (Å²) in [6, 6.07) is 9.42. The molecule has 0 unspecified atom stereocenters. The van der Waals surface area contributed by atoms with Gasteiger partial charge >= 0.3 is 0 Å². The van der Waals surface area contributed by atoms with Crippen molar-refractivity contribution in [3.05, 3.63) is 29.8 Å². The van der Waals surface area contributed by atoms with E-state index in [1.807, 2.05) is 0 Å². The molecule has 0 radical (unpaired) electrons. The highest BCUT2D eigenvalue weighted by Crippen LogP contribution is 2.24. The van der Waals surface area contributed by atoms with Crippen molar-refractivity contribution in [2.45, 2.75) is 56.0 Å². The zero-order chi connectivity index (χ0) is 16.1. The maximum Gasteiger partial charge on any atom is 0.220 e. The molecule has 3 rings (SSSR count). The number of thioether (sulfide) groups is 1. The van der Waals surface area contributed by atoms with E-state index in [9.17, 15) is 4.79 Å². The van der Waals surface area contributed by atoms with Gasteiger partial charge in [0.2, 0.25) is 5.91 Å². The van der Waals surface area contributed by atoms with Crippen LogP contribution in [-0.2, 0) is 11.3 Å². The van der Waals surface area contributed by atoms with Crippen molar-refractivity contribution in [1.82, 2.24) is 10.2 Å². The zero-order valence-corrected chi connectivity index (χ0v) is 14.9. The number of nitrogens with one attached hydrogen (secondary N) is 1. The molecule has 0 spiro atoms. The van der Waals surface area contributed by atoms with Crippen LogP contribution in [0.15, 0.2) is 29.2 Å². The molecule has 0 aromatic heterocycles. The summed E-state index contributed by atoms with van der Waals surface area (Å²) in [4.78, 5) is 15.7. The standard InChI is InChI=1S/C19H28N2OS/c1-23-18-9-4-16(5-10-18)14-21-12-2-3-15(13-21)6-11-19(22)20-17-7-8-17/h4-5,9-10,15,17H,2-3,6-8,11-14H2,1H3,(H,20,22)/t15-/m1/s1. The third-order valence-corrected chi connectivity index (χ3v) is 5.63. The molecule has 1 amide bonds. The lowest BCUT2D eigenvalue weighted by Crippen LogP contribution is -2.35. The van der Waals surface area contributed by atoms with Gasteiger partial charge in [0.1, 0.15) is 0 Å². The number of likely N-dealkylation sites (tertiary alicyclic amines) is 1. The van der Waals surface area contributed by atoms with Gasteiger partial charge in [-0.05, 0) is 68.5 Å². The Balaban J connectivity index is 1.42. The van der Waals surface area contributed by atoms with Crippen LogP contribution >= 0.6 is 11.8 Å². The van der Waals surface area contributed by atoms with Gasteiger partial charge in [-0.3, -0.25) is 9.69 Å². The van der Waals surface area contributed by atoms with E-state index in [0.717, 1.165) is 19.5 Å². The van der Waals surface area contributed by atoms with E-state index in [4.69, 9.17) is 0 Å². The van der Waals surface area contributed by atoms with E-state index in [2.05, 4.69) is 40.7 Å². The number of amides is 1. The van der Waals surface area contributed by atoms with Crippen molar-refractivity contribution in [3.63, 3.8) is 0 Å². The Morgan fingerprint density at radius 1 is 1.26 bits per heavy atom. The molecule has 126 valence electrons. The fourth-order valence-corrected chi connectivity index (χ4v) is 3.79. The van der Waals surface area contributed by atoms with Crippen LogP contribution in [0.25, 0.3) is 0 Å². The Bertz CT molecular complexity index is 513. The first-order valence-electron chi connectivity index (χ1n) is 8.87. The van der Waals surface area contributed by atoms with E-state index in [1.165, 1.54) is 42.7 Å². The van der Waals surface area contributed by atoms with Crippen molar-refractivity contribution in [2.75, 3.05) is 19.3 Å². The van der Waals surface area contributed by atoms with Crippen LogP contribution in [0.3, 0.4) is 0 Å². The van der Waals surface area contributed by atoms with Gasteiger partial charge in [0.25, 0.3) is 0 Å². The summed E-state index contributed by atoms with van der Waals surface area (Å²) in [6.07, 6.45) is 8.76. The van der Waals surface area contributed by atoms with Crippen molar-refractivity contribution >= 4 is 17.7 Å². The highest BCUT2D eigenvalue weighted by Gasteiger charge is 2.24. The van der Waals surface area contributed by atoms with Gasteiger partial charge in [-0.1, -0.05) is 12.1 Å². The topological polar surface area (TPSA) is 32.3 Å². The maximum absolute atomic E-state index is 11.8. The molecule has 1 N–H and O–H groups in total. The van der Waals surface area contributed by atoms with Crippen molar-refractivity contribution in [2.24, 2.45) is 5.92 Å². The number of nitrogens with zero attached hydrogens (tertiary/aromatic N) is 1. The van der Waals surface area contributed by atoms with Crippen LogP contribution in [0.5, 0.6) is 0 Å². The number of hydrogen-bond donors (Lipinski definition) is 1. The number of rotatable bonds is 7. The van der Waals surface area contributed by atoms with Gasteiger partial charge in [0.15, 0.2) is 0 Å². The van der Waals surface area contributed by atoms with Crippen LogP contribution in [0.4, 0.5) is 0 Å². The first kappa shape index (κ1) is 16.8. The van der Waals surface area contributed by atoms with Crippen LogP contribution in [0.2, 0.25) is 0 Å². The first-order valence-corrected chi connectivity index (χ1v) is 10.1. The predicted octanol–water partition coefficient (Wildman–Crippen LogP) is 3.68. The van der Waals surface area contributed by atoms with E-state index in [0.29, 0.717) is 18.4 Å². The Morgan fingerprint density at radius 3 is 2.74 bits per heavy atom. The lowest BCUT2D eigenvalue weighted by atomic mass is 9.93. The average Bonchev–Trinajstić information content (AvgIpc) is 3.38. The Hall–Kier alpha value is -1.00.